The van der Waals surface area contributed by atoms with Gasteiger partial charge in [0.2, 0.25) is 0 Å². The van der Waals surface area contributed by atoms with Crippen molar-refractivity contribution < 1.29 is 4.39 Å². The normalized spacial score (nSPS) is 9.84. The van der Waals surface area contributed by atoms with Gasteiger partial charge in [-0.3, -0.25) is 4.90 Å². The van der Waals surface area contributed by atoms with Gasteiger partial charge in [0.25, 0.3) is 0 Å². The molecular weight excluding hydrogens is 241 g/mol. The number of hydrogen-bond acceptors (Lipinski definition) is 3. The quantitative estimate of drug-likeness (QED) is 0.821. The molecule has 0 fully saturated rings. The first-order chi connectivity index (χ1) is 9.21. The fourth-order valence-electron chi connectivity index (χ4n) is 1.70. The second-order valence-electron chi connectivity index (χ2n) is 4.09. The largest absolute Gasteiger partial charge is 0.320 e. The van der Waals surface area contributed by atoms with Gasteiger partial charge in [0, 0.05) is 30.6 Å². The van der Waals surface area contributed by atoms with Crippen molar-refractivity contribution in [2.45, 2.75) is 19.9 Å². The maximum atomic E-state index is 13.9. The molecule has 0 saturated heterocycles. The Hall–Kier alpha value is -1.88. The molecule has 0 saturated carbocycles. The molecule has 100 valence electrons. The summed E-state index contributed by atoms with van der Waals surface area (Å²) >= 11 is 0. The zero-order valence-corrected chi connectivity index (χ0v) is 11.1. The van der Waals surface area contributed by atoms with Crippen LogP contribution in [0.1, 0.15) is 24.5 Å². The first-order valence-electron chi connectivity index (χ1n) is 6.28. The maximum Gasteiger partial charge on any atom is 0.128 e. The second kappa shape index (κ2) is 8.26. The van der Waals surface area contributed by atoms with Crippen LogP contribution in [0.25, 0.3) is 0 Å². The van der Waals surface area contributed by atoms with Gasteiger partial charge in [0.05, 0.1) is 12.6 Å². The van der Waals surface area contributed by atoms with Gasteiger partial charge in [0.15, 0.2) is 0 Å². The zero-order valence-electron chi connectivity index (χ0n) is 11.1. The Morgan fingerprint density at radius 1 is 1.42 bits per heavy atom. The Bertz CT molecular complexity index is 508. The predicted molar refractivity (Wildman–Crippen MR) is 73.5 cm³/mol. The van der Waals surface area contributed by atoms with Crippen LogP contribution in [0.4, 0.5) is 4.39 Å². The number of nitrogens with zero attached hydrogens (tertiary/aromatic N) is 2. The summed E-state index contributed by atoms with van der Waals surface area (Å²) in [4.78, 5) is 2.03. The van der Waals surface area contributed by atoms with E-state index in [1.165, 1.54) is 6.07 Å². The molecule has 4 heteroatoms. The molecule has 0 aliphatic heterocycles. The number of hydrogen-bond donors (Lipinski definition) is 1. The van der Waals surface area contributed by atoms with Gasteiger partial charge in [0.1, 0.15) is 5.82 Å². The molecule has 1 aromatic carbocycles. The number of rotatable bonds is 5. The Morgan fingerprint density at radius 3 is 2.79 bits per heavy atom. The molecule has 0 aromatic heterocycles. The van der Waals surface area contributed by atoms with E-state index in [1.807, 2.05) is 11.8 Å². The lowest BCUT2D eigenvalue weighted by Gasteiger charge is -2.19. The molecular formula is C15H18FN3. The molecule has 0 aliphatic rings. The van der Waals surface area contributed by atoms with Crippen molar-refractivity contribution in [1.29, 1.82) is 5.26 Å². The maximum absolute atomic E-state index is 13.9. The van der Waals surface area contributed by atoms with Crippen LogP contribution in [-0.4, -0.2) is 24.5 Å². The highest BCUT2D eigenvalue weighted by atomic mass is 19.1. The highest BCUT2D eigenvalue weighted by Crippen LogP contribution is 2.12. The number of halogens is 1. The Morgan fingerprint density at radius 2 is 2.21 bits per heavy atom. The molecule has 0 heterocycles. The van der Waals surface area contributed by atoms with Crippen molar-refractivity contribution in [2.75, 3.05) is 19.6 Å². The van der Waals surface area contributed by atoms with Crippen LogP contribution in [0.15, 0.2) is 18.2 Å². The smallest absolute Gasteiger partial charge is 0.128 e. The molecule has 19 heavy (non-hydrogen) atoms. The minimum absolute atomic E-state index is 0.265. The Kier molecular flexibility index (Phi) is 6.60. The summed E-state index contributed by atoms with van der Waals surface area (Å²) in [5, 5.41) is 8.57. The van der Waals surface area contributed by atoms with Gasteiger partial charge in [-0.1, -0.05) is 24.8 Å². The number of nitriles is 1. The highest BCUT2D eigenvalue weighted by Gasteiger charge is 2.08. The Labute approximate surface area is 113 Å². The SMILES string of the molecule is CCN(CCC#N)Cc1ccc(C#CCN)cc1F. The third-order valence-electron chi connectivity index (χ3n) is 2.77. The second-order valence-corrected chi connectivity index (χ2v) is 4.09. The molecule has 3 nitrogen and oxygen atoms in total. The summed E-state index contributed by atoms with van der Waals surface area (Å²) < 4.78 is 13.9. The summed E-state index contributed by atoms with van der Waals surface area (Å²) in [5.41, 5.74) is 6.53. The zero-order chi connectivity index (χ0) is 14.1. The average molecular weight is 259 g/mol. The van der Waals surface area contributed by atoms with Crippen LogP contribution in [0, 0.1) is 29.0 Å². The molecule has 1 rings (SSSR count). The summed E-state index contributed by atoms with van der Waals surface area (Å²) in [5.74, 6) is 5.23. The van der Waals surface area contributed by atoms with Gasteiger partial charge >= 0.3 is 0 Å². The molecule has 0 aliphatic carbocycles. The monoisotopic (exact) mass is 259 g/mol. The highest BCUT2D eigenvalue weighted by molar-refractivity contribution is 5.37. The third kappa shape index (κ3) is 5.09. The minimum Gasteiger partial charge on any atom is -0.320 e. The first-order valence-corrected chi connectivity index (χ1v) is 6.28. The van der Waals surface area contributed by atoms with Crippen molar-refractivity contribution in [3.63, 3.8) is 0 Å². The molecule has 0 spiro atoms. The van der Waals surface area contributed by atoms with Crippen LogP contribution >= 0.6 is 0 Å². The molecule has 0 atom stereocenters. The summed E-state index contributed by atoms with van der Waals surface area (Å²) in [6.45, 7) is 4.21. The van der Waals surface area contributed by atoms with Crippen molar-refractivity contribution in [1.82, 2.24) is 4.90 Å². The lowest BCUT2D eigenvalue weighted by molar-refractivity contribution is 0.282. The third-order valence-corrected chi connectivity index (χ3v) is 2.77. The fourth-order valence-corrected chi connectivity index (χ4v) is 1.70. The van der Waals surface area contributed by atoms with Crippen molar-refractivity contribution in [3.8, 4) is 17.9 Å². The van der Waals surface area contributed by atoms with Crippen LogP contribution in [0.5, 0.6) is 0 Å². The summed E-state index contributed by atoms with van der Waals surface area (Å²) in [6.07, 6.45) is 0.454. The van der Waals surface area contributed by atoms with E-state index >= 15 is 0 Å². The topological polar surface area (TPSA) is 53.0 Å². The van der Waals surface area contributed by atoms with Crippen molar-refractivity contribution in [3.05, 3.63) is 35.1 Å². The molecule has 0 bridgehead atoms. The van der Waals surface area contributed by atoms with Crippen molar-refractivity contribution >= 4 is 0 Å². The minimum atomic E-state index is -0.265. The van der Waals surface area contributed by atoms with Gasteiger partial charge in [-0.05, 0) is 18.7 Å². The lowest BCUT2D eigenvalue weighted by Crippen LogP contribution is -2.24. The summed E-state index contributed by atoms with van der Waals surface area (Å²) in [7, 11) is 0. The predicted octanol–water partition coefficient (Wildman–Crippen LogP) is 1.87. The Balaban J connectivity index is 2.76. The van der Waals surface area contributed by atoms with Crippen LogP contribution in [-0.2, 0) is 6.54 Å². The molecule has 0 amide bonds. The van der Waals surface area contributed by atoms with Crippen molar-refractivity contribution in [2.24, 2.45) is 5.73 Å². The lowest BCUT2D eigenvalue weighted by atomic mass is 10.1. The van der Waals surface area contributed by atoms with E-state index in [2.05, 4.69) is 17.9 Å². The van der Waals surface area contributed by atoms with E-state index in [-0.39, 0.29) is 12.4 Å². The van der Waals surface area contributed by atoms with E-state index in [0.29, 0.717) is 30.6 Å². The van der Waals surface area contributed by atoms with E-state index in [0.717, 1.165) is 6.54 Å². The standard InChI is InChI=1S/C15H18FN3/c1-2-19(10-4-9-18)12-14-7-6-13(5-3-8-17)11-15(14)16/h6-7,11H,2,4,8,10,12,17H2,1H3. The van der Waals surface area contributed by atoms with Gasteiger partial charge in [-0.15, -0.1) is 0 Å². The summed E-state index contributed by atoms with van der Waals surface area (Å²) in [6, 6.07) is 7.06. The van der Waals surface area contributed by atoms with E-state index in [1.54, 1.807) is 12.1 Å². The van der Waals surface area contributed by atoms with Crippen LogP contribution in [0.2, 0.25) is 0 Å². The molecule has 1 aromatic rings. The molecule has 2 N–H and O–H groups in total. The molecule has 0 unspecified atom stereocenters. The van der Waals surface area contributed by atoms with Gasteiger partial charge in [-0.2, -0.15) is 5.26 Å². The number of nitrogens with two attached hydrogens (primary N) is 1. The fraction of sp³-hybridized carbons (Fsp3) is 0.400. The number of benzene rings is 1. The van der Waals surface area contributed by atoms with Crippen LogP contribution < -0.4 is 5.73 Å². The molecule has 0 radical (unpaired) electrons. The van der Waals surface area contributed by atoms with E-state index in [9.17, 15) is 4.39 Å². The van der Waals surface area contributed by atoms with Crippen LogP contribution in [0.3, 0.4) is 0 Å². The average Bonchev–Trinajstić information content (AvgIpc) is 2.43. The van der Waals surface area contributed by atoms with Gasteiger partial charge < -0.3 is 5.73 Å². The van der Waals surface area contributed by atoms with E-state index < -0.39 is 0 Å². The van der Waals surface area contributed by atoms with E-state index in [4.69, 9.17) is 11.0 Å². The van der Waals surface area contributed by atoms with Gasteiger partial charge in [-0.25, -0.2) is 4.39 Å². The first kappa shape index (κ1) is 15.2.